The number of nitrogens with zero attached hydrogens (tertiary/aromatic N) is 1. The van der Waals surface area contributed by atoms with E-state index in [0.29, 0.717) is 5.41 Å². The number of carbonyl (C=O) groups is 2. The Labute approximate surface area is 174 Å². The van der Waals surface area contributed by atoms with E-state index < -0.39 is 0 Å². The maximum atomic E-state index is 12.9. The Bertz CT molecular complexity index is 758. The second-order valence-corrected chi connectivity index (χ2v) is 10.6. The van der Waals surface area contributed by atoms with Gasteiger partial charge in [-0.05, 0) is 93.6 Å². The first-order valence-electron chi connectivity index (χ1n) is 11.6. The topological polar surface area (TPSA) is 49.4 Å². The third kappa shape index (κ3) is 3.95. The van der Waals surface area contributed by atoms with E-state index in [-0.39, 0.29) is 17.9 Å². The van der Waals surface area contributed by atoms with Gasteiger partial charge < -0.3 is 10.2 Å². The van der Waals surface area contributed by atoms with E-state index >= 15 is 0 Å². The van der Waals surface area contributed by atoms with Crippen molar-refractivity contribution in [3.8, 4) is 0 Å². The second-order valence-electron chi connectivity index (χ2n) is 10.6. The number of piperidine rings is 1. The van der Waals surface area contributed by atoms with Crippen molar-refractivity contribution in [1.29, 1.82) is 0 Å². The molecular weight excluding hydrogens is 360 g/mol. The van der Waals surface area contributed by atoms with Gasteiger partial charge in [-0.1, -0.05) is 17.7 Å². The van der Waals surface area contributed by atoms with Crippen molar-refractivity contribution in [1.82, 2.24) is 10.2 Å². The number of carbonyl (C=O) groups excluding carboxylic acids is 2. The Hall–Kier alpha value is -1.84. The number of likely N-dealkylation sites (tertiary alicyclic amines) is 1. The van der Waals surface area contributed by atoms with Crippen LogP contribution in [0.3, 0.4) is 0 Å². The smallest absolute Gasteiger partial charge is 0.253 e. The largest absolute Gasteiger partial charge is 0.353 e. The highest BCUT2D eigenvalue weighted by Gasteiger charge is 2.51. The molecule has 0 spiro atoms. The summed E-state index contributed by atoms with van der Waals surface area (Å²) >= 11 is 0. The molecule has 1 aliphatic heterocycles. The predicted octanol–water partition coefficient (Wildman–Crippen LogP) is 4.32. The van der Waals surface area contributed by atoms with Crippen LogP contribution >= 0.6 is 0 Å². The Morgan fingerprint density at radius 2 is 1.66 bits per heavy atom. The fourth-order valence-electron chi connectivity index (χ4n) is 7.31. The summed E-state index contributed by atoms with van der Waals surface area (Å²) in [6, 6.07) is 8.04. The number of hydrogen-bond donors (Lipinski definition) is 1. The standard InChI is InChI=1S/C25H34N2O2/c1-17-3-2-4-21(9-17)24(29)27-7-5-22(6-8-27)26-23(28)16-25-13-18-10-19(14-25)12-20(11-18)15-25/h2-4,9,18-20,22H,5-8,10-16H2,1H3,(H,26,28). The van der Waals surface area contributed by atoms with Gasteiger partial charge in [0.2, 0.25) is 5.91 Å². The highest BCUT2D eigenvalue weighted by Crippen LogP contribution is 2.61. The van der Waals surface area contributed by atoms with Crippen molar-refractivity contribution in [3.05, 3.63) is 35.4 Å². The van der Waals surface area contributed by atoms with Gasteiger partial charge in [0.15, 0.2) is 0 Å². The molecule has 0 radical (unpaired) electrons. The zero-order chi connectivity index (χ0) is 20.0. The van der Waals surface area contributed by atoms with E-state index in [9.17, 15) is 9.59 Å². The maximum Gasteiger partial charge on any atom is 0.253 e. The SMILES string of the molecule is Cc1cccc(C(=O)N2CCC(NC(=O)CC34CC5CC(CC(C5)C3)C4)CC2)c1. The van der Waals surface area contributed by atoms with Gasteiger partial charge in [-0.15, -0.1) is 0 Å². The molecule has 1 N–H and O–H groups in total. The van der Waals surface area contributed by atoms with E-state index in [1.807, 2.05) is 36.1 Å². The van der Waals surface area contributed by atoms with Crippen LogP contribution in [0.15, 0.2) is 24.3 Å². The Morgan fingerprint density at radius 1 is 1.03 bits per heavy atom. The third-order valence-electron chi connectivity index (χ3n) is 8.11. The molecule has 4 aliphatic carbocycles. The lowest BCUT2D eigenvalue weighted by Crippen LogP contribution is -2.50. The minimum atomic E-state index is 0.118. The lowest BCUT2D eigenvalue weighted by molar-refractivity contribution is -0.130. The van der Waals surface area contributed by atoms with Gasteiger partial charge in [-0.3, -0.25) is 9.59 Å². The minimum absolute atomic E-state index is 0.118. The lowest BCUT2D eigenvalue weighted by Gasteiger charge is -2.56. The predicted molar refractivity (Wildman–Crippen MR) is 113 cm³/mol. The maximum absolute atomic E-state index is 12.9. The zero-order valence-electron chi connectivity index (χ0n) is 17.7. The van der Waals surface area contributed by atoms with Gasteiger partial charge in [0, 0.05) is 31.1 Å². The molecule has 0 unspecified atom stereocenters. The van der Waals surface area contributed by atoms with Crippen LogP contribution in [0.2, 0.25) is 0 Å². The van der Waals surface area contributed by atoms with E-state index in [4.69, 9.17) is 0 Å². The molecule has 5 aliphatic rings. The highest BCUT2D eigenvalue weighted by molar-refractivity contribution is 5.94. The van der Waals surface area contributed by atoms with Gasteiger partial charge in [-0.2, -0.15) is 0 Å². The molecule has 4 bridgehead atoms. The molecular formula is C25H34N2O2. The molecule has 1 saturated heterocycles. The van der Waals surface area contributed by atoms with Crippen molar-refractivity contribution >= 4 is 11.8 Å². The summed E-state index contributed by atoms with van der Waals surface area (Å²) < 4.78 is 0. The van der Waals surface area contributed by atoms with Crippen molar-refractivity contribution in [2.45, 2.75) is 70.8 Å². The summed E-state index contributed by atoms with van der Waals surface area (Å²) in [5.74, 6) is 3.06. The Balaban J connectivity index is 1.12. The number of benzene rings is 1. The minimum Gasteiger partial charge on any atom is -0.353 e. The van der Waals surface area contributed by atoms with Crippen molar-refractivity contribution in [3.63, 3.8) is 0 Å². The van der Waals surface area contributed by atoms with E-state index in [2.05, 4.69) is 5.32 Å². The molecule has 4 nitrogen and oxygen atoms in total. The first kappa shape index (κ1) is 19.1. The third-order valence-corrected chi connectivity index (χ3v) is 8.11. The molecule has 1 aromatic carbocycles. The zero-order valence-corrected chi connectivity index (χ0v) is 17.7. The summed E-state index contributed by atoms with van der Waals surface area (Å²) in [6.07, 6.45) is 10.6. The van der Waals surface area contributed by atoms with Crippen molar-refractivity contribution in [2.24, 2.45) is 23.2 Å². The van der Waals surface area contributed by atoms with Crippen LogP contribution in [0.4, 0.5) is 0 Å². The molecule has 4 heteroatoms. The first-order valence-corrected chi connectivity index (χ1v) is 11.6. The molecule has 2 amide bonds. The summed E-state index contributed by atoms with van der Waals surface area (Å²) in [7, 11) is 0. The summed E-state index contributed by atoms with van der Waals surface area (Å²) in [5.41, 5.74) is 2.19. The summed E-state index contributed by atoms with van der Waals surface area (Å²) in [4.78, 5) is 27.6. The number of hydrogen-bond acceptors (Lipinski definition) is 2. The number of nitrogens with one attached hydrogen (secondary N) is 1. The molecule has 29 heavy (non-hydrogen) atoms. The monoisotopic (exact) mass is 394 g/mol. The number of rotatable bonds is 4. The molecule has 5 fully saturated rings. The van der Waals surface area contributed by atoms with Gasteiger partial charge in [-0.25, -0.2) is 0 Å². The Morgan fingerprint density at radius 3 is 2.24 bits per heavy atom. The van der Waals surface area contributed by atoms with E-state index in [1.165, 1.54) is 38.5 Å². The lowest BCUT2D eigenvalue weighted by atomic mass is 9.49. The van der Waals surface area contributed by atoms with Gasteiger partial charge in [0.1, 0.15) is 0 Å². The molecule has 4 saturated carbocycles. The van der Waals surface area contributed by atoms with Crippen LogP contribution in [-0.4, -0.2) is 35.8 Å². The summed E-state index contributed by atoms with van der Waals surface area (Å²) in [5, 5.41) is 3.33. The normalized spacial score (nSPS) is 33.7. The summed E-state index contributed by atoms with van der Waals surface area (Å²) in [6.45, 7) is 3.48. The molecule has 1 aromatic rings. The first-order chi connectivity index (χ1) is 14.0. The van der Waals surface area contributed by atoms with Crippen molar-refractivity contribution in [2.75, 3.05) is 13.1 Å². The van der Waals surface area contributed by atoms with Gasteiger partial charge in [0.25, 0.3) is 5.91 Å². The van der Waals surface area contributed by atoms with Crippen LogP contribution in [-0.2, 0) is 4.79 Å². The van der Waals surface area contributed by atoms with Crippen LogP contribution in [0.25, 0.3) is 0 Å². The fraction of sp³-hybridized carbons (Fsp3) is 0.680. The molecule has 0 atom stereocenters. The highest BCUT2D eigenvalue weighted by atomic mass is 16.2. The van der Waals surface area contributed by atoms with Crippen LogP contribution in [0, 0.1) is 30.1 Å². The molecule has 0 aromatic heterocycles. The van der Waals surface area contributed by atoms with E-state index in [0.717, 1.165) is 61.2 Å². The van der Waals surface area contributed by atoms with Crippen LogP contribution < -0.4 is 5.32 Å². The Kier molecular flexibility index (Phi) is 4.92. The molecule has 1 heterocycles. The van der Waals surface area contributed by atoms with Crippen LogP contribution in [0.5, 0.6) is 0 Å². The molecule has 156 valence electrons. The molecule has 6 rings (SSSR count). The van der Waals surface area contributed by atoms with Gasteiger partial charge >= 0.3 is 0 Å². The van der Waals surface area contributed by atoms with Crippen molar-refractivity contribution < 1.29 is 9.59 Å². The second kappa shape index (κ2) is 7.45. The average Bonchev–Trinajstić information content (AvgIpc) is 2.66. The van der Waals surface area contributed by atoms with Crippen LogP contribution in [0.1, 0.15) is 73.7 Å². The number of aryl methyl sites for hydroxylation is 1. The number of amides is 2. The van der Waals surface area contributed by atoms with Gasteiger partial charge in [0.05, 0.1) is 0 Å². The van der Waals surface area contributed by atoms with E-state index in [1.54, 1.807) is 0 Å². The quantitative estimate of drug-likeness (QED) is 0.827. The fourth-order valence-corrected chi connectivity index (χ4v) is 7.31. The average molecular weight is 395 g/mol.